The molecule has 3 nitrogen and oxygen atoms in total. The number of hydrogen-bond acceptors (Lipinski definition) is 2. The first-order valence-electron chi connectivity index (χ1n) is 5.91. The van der Waals surface area contributed by atoms with Crippen LogP contribution in [0, 0.1) is 11.2 Å². The Bertz CT molecular complexity index is 570. The van der Waals surface area contributed by atoms with E-state index >= 15 is 0 Å². The number of nitrogens with one attached hydrogen (secondary N) is 1. The molecule has 0 unspecified atom stereocenters. The fourth-order valence-electron chi connectivity index (χ4n) is 1.68. The Labute approximate surface area is 111 Å². The Morgan fingerprint density at radius 1 is 1.11 bits per heavy atom. The molecule has 3 N–H and O–H groups in total. The highest BCUT2D eigenvalue weighted by atomic mass is 19.1. The molecule has 0 amide bonds. The number of ether oxygens (including phenoxy) is 1. The smallest absolute Gasteiger partial charge is 0.129 e. The molecule has 0 aromatic heterocycles. The van der Waals surface area contributed by atoms with Gasteiger partial charge in [-0.3, -0.25) is 5.41 Å². The fraction of sp³-hybridized carbons (Fsp3) is 0.133. The fourth-order valence-corrected chi connectivity index (χ4v) is 1.68. The van der Waals surface area contributed by atoms with Gasteiger partial charge in [0.1, 0.15) is 11.7 Å². The van der Waals surface area contributed by atoms with Crippen molar-refractivity contribution in [1.82, 2.24) is 0 Å². The molecule has 4 heteroatoms. The Kier molecular flexibility index (Phi) is 4.26. The van der Waals surface area contributed by atoms with E-state index in [1.165, 1.54) is 6.07 Å². The third-order valence-corrected chi connectivity index (χ3v) is 2.73. The van der Waals surface area contributed by atoms with Gasteiger partial charge in [-0.15, -0.1) is 0 Å². The maximum absolute atomic E-state index is 13.7. The Hall–Kier alpha value is -2.20. The van der Waals surface area contributed by atoms with Gasteiger partial charge < -0.3 is 10.5 Å². The van der Waals surface area contributed by atoms with Crippen LogP contribution in [0.4, 0.5) is 4.39 Å². The van der Waals surface area contributed by atoms with Crippen molar-refractivity contribution in [2.24, 2.45) is 5.73 Å². The van der Waals surface area contributed by atoms with Crippen molar-refractivity contribution in [1.29, 1.82) is 5.41 Å². The molecule has 19 heavy (non-hydrogen) atoms. The third-order valence-electron chi connectivity index (χ3n) is 2.73. The van der Waals surface area contributed by atoms with E-state index in [0.717, 1.165) is 5.56 Å². The molecule has 0 aliphatic rings. The summed E-state index contributed by atoms with van der Waals surface area (Å²) in [6.07, 6.45) is 0. The number of halogens is 1. The predicted octanol–water partition coefficient (Wildman–Crippen LogP) is 2.83. The quantitative estimate of drug-likeness (QED) is 0.640. The SMILES string of the molecule is N=C(N)c1ccc(COCc2ccccc2)c(F)c1. The largest absolute Gasteiger partial charge is 0.384 e. The number of hydrogen-bond donors (Lipinski definition) is 2. The lowest BCUT2D eigenvalue weighted by Crippen LogP contribution is -2.11. The first-order valence-corrected chi connectivity index (χ1v) is 5.91. The summed E-state index contributed by atoms with van der Waals surface area (Å²) < 4.78 is 19.2. The Morgan fingerprint density at radius 2 is 1.84 bits per heavy atom. The van der Waals surface area contributed by atoms with E-state index in [1.807, 2.05) is 30.3 Å². The van der Waals surface area contributed by atoms with Gasteiger partial charge >= 0.3 is 0 Å². The summed E-state index contributed by atoms with van der Waals surface area (Å²) in [4.78, 5) is 0. The summed E-state index contributed by atoms with van der Waals surface area (Å²) in [6, 6.07) is 14.2. The molecule has 0 aliphatic carbocycles. The van der Waals surface area contributed by atoms with E-state index in [9.17, 15) is 4.39 Å². The number of nitrogens with two attached hydrogens (primary N) is 1. The van der Waals surface area contributed by atoms with Gasteiger partial charge in [0.05, 0.1) is 13.2 Å². The zero-order valence-electron chi connectivity index (χ0n) is 10.4. The van der Waals surface area contributed by atoms with Gasteiger partial charge in [0.2, 0.25) is 0 Å². The van der Waals surface area contributed by atoms with Crippen molar-refractivity contribution in [2.75, 3.05) is 0 Å². The molecule has 0 radical (unpaired) electrons. The minimum atomic E-state index is -0.402. The second kappa shape index (κ2) is 6.11. The number of amidine groups is 1. The lowest BCUT2D eigenvalue weighted by molar-refractivity contribution is 0.105. The maximum Gasteiger partial charge on any atom is 0.129 e. The third kappa shape index (κ3) is 3.63. The first-order chi connectivity index (χ1) is 9.16. The normalized spacial score (nSPS) is 10.4. The lowest BCUT2D eigenvalue weighted by atomic mass is 10.1. The lowest BCUT2D eigenvalue weighted by Gasteiger charge is -2.07. The second-order valence-electron chi connectivity index (χ2n) is 4.20. The van der Waals surface area contributed by atoms with Gasteiger partial charge in [0.15, 0.2) is 0 Å². The predicted molar refractivity (Wildman–Crippen MR) is 72.4 cm³/mol. The van der Waals surface area contributed by atoms with Crippen molar-refractivity contribution in [3.8, 4) is 0 Å². The van der Waals surface area contributed by atoms with Gasteiger partial charge in [-0.25, -0.2) is 4.39 Å². The monoisotopic (exact) mass is 258 g/mol. The Morgan fingerprint density at radius 3 is 2.47 bits per heavy atom. The van der Waals surface area contributed by atoms with Crippen LogP contribution in [0.2, 0.25) is 0 Å². The average Bonchev–Trinajstić information content (AvgIpc) is 2.41. The van der Waals surface area contributed by atoms with Gasteiger partial charge in [-0.2, -0.15) is 0 Å². The summed E-state index contributed by atoms with van der Waals surface area (Å²) in [5.74, 6) is -0.545. The topological polar surface area (TPSA) is 59.1 Å². The van der Waals surface area contributed by atoms with Crippen LogP contribution in [-0.4, -0.2) is 5.84 Å². The molecule has 0 aliphatic heterocycles. The molecule has 0 saturated carbocycles. The summed E-state index contributed by atoms with van der Waals surface area (Å²) in [7, 11) is 0. The molecular formula is C15H15FN2O. The summed E-state index contributed by atoms with van der Waals surface area (Å²) in [6.45, 7) is 0.633. The number of nitrogen functional groups attached to an aromatic ring is 1. The molecule has 2 aromatic carbocycles. The van der Waals surface area contributed by atoms with Crippen molar-refractivity contribution < 1.29 is 9.13 Å². The van der Waals surface area contributed by atoms with Crippen LogP contribution in [-0.2, 0) is 18.0 Å². The van der Waals surface area contributed by atoms with Crippen molar-refractivity contribution in [3.63, 3.8) is 0 Å². The van der Waals surface area contributed by atoms with E-state index in [-0.39, 0.29) is 12.4 Å². The summed E-state index contributed by atoms with van der Waals surface area (Å²) in [5, 5.41) is 7.23. The molecule has 0 bridgehead atoms. The van der Waals surface area contributed by atoms with Crippen LogP contribution >= 0.6 is 0 Å². The standard InChI is InChI=1S/C15H15FN2O/c16-14-8-12(15(17)18)6-7-13(14)10-19-9-11-4-2-1-3-5-11/h1-8H,9-10H2,(H3,17,18). The summed E-state index contributed by atoms with van der Waals surface area (Å²) in [5.41, 5.74) is 7.18. The van der Waals surface area contributed by atoms with Crippen LogP contribution in [0.1, 0.15) is 16.7 Å². The highest BCUT2D eigenvalue weighted by Gasteiger charge is 2.05. The van der Waals surface area contributed by atoms with Crippen molar-refractivity contribution in [3.05, 3.63) is 71.0 Å². The van der Waals surface area contributed by atoms with E-state index < -0.39 is 5.82 Å². The molecule has 2 rings (SSSR count). The minimum Gasteiger partial charge on any atom is -0.384 e. The zero-order chi connectivity index (χ0) is 13.7. The van der Waals surface area contributed by atoms with Crippen LogP contribution in [0.25, 0.3) is 0 Å². The van der Waals surface area contributed by atoms with Gasteiger partial charge in [0, 0.05) is 11.1 Å². The summed E-state index contributed by atoms with van der Waals surface area (Å²) >= 11 is 0. The molecule has 0 heterocycles. The Balaban J connectivity index is 1.95. The second-order valence-corrected chi connectivity index (χ2v) is 4.20. The van der Waals surface area contributed by atoms with E-state index in [1.54, 1.807) is 12.1 Å². The van der Waals surface area contributed by atoms with Crippen molar-refractivity contribution in [2.45, 2.75) is 13.2 Å². The van der Waals surface area contributed by atoms with Crippen LogP contribution < -0.4 is 5.73 Å². The van der Waals surface area contributed by atoms with Gasteiger partial charge in [-0.1, -0.05) is 42.5 Å². The highest BCUT2D eigenvalue weighted by Crippen LogP contribution is 2.12. The van der Waals surface area contributed by atoms with E-state index in [2.05, 4.69) is 0 Å². The van der Waals surface area contributed by atoms with Crippen LogP contribution in [0.5, 0.6) is 0 Å². The zero-order valence-corrected chi connectivity index (χ0v) is 10.4. The van der Waals surface area contributed by atoms with Crippen LogP contribution in [0.15, 0.2) is 48.5 Å². The van der Waals surface area contributed by atoms with Gasteiger partial charge in [-0.05, 0) is 11.6 Å². The average molecular weight is 258 g/mol. The highest BCUT2D eigenvalue weighted by molar-refractivity contribution is 5.94. The first kappa shape index (κ1) is 13.2. The molecule has 2 aromatic rings. The molecule has 0 atom stereocenters. The molecule has 98 valence electrons. The molecular weight excluding hydrogens is 243 g/mol. The maximum atomic E-state index is 13.7. The minimum absolute atomic E-state index is 0.143. The molecule has 0 saturated heterocycles. The van der Waals surface area contributed by atoms with Gasteiger partial charge in [0.25, 0.3) is 0 Å². The van der Waals surface area contributed by atoms with E-state index in [0.29, 0.717) is 17.7 Å². The molecule has 0 spiro atoms. The number of benzene rings is 2. The number of rotatable bonds is 5. The van der Waals surface area contributed by atoms with E-state index in [4.69, 9.17) is 15.9 Å². The van der Waals surface area contributed by atoms with Crippen LogP contribution in [0.3, 0.4) is 0 Å². The molecule has 0 fully saturated rings. The van der Waals surface area contributed by atoms with Crippen molar-refractivity contribution >= 4 is 5.84 Å².